The van der Waals surface area contributed by atoms with Crippen molar-refractivity contribution in [2.24, 2.45) is 0 Å². The van der Waals surface area contributed by atoms with Gasteiger partial charge >= 0.3 is 0 Å². The third kappa shape index (κ3) is 4.02. The highest BCUT2D eigenvalue weighted by Gasteiger charge is 2.05. The number of nitrogens with one attached hydrogen (secondary N) is 1. The van der Waals surface area contributed by atoms with E-state index in [-0.39, 0.29) is 6.04 Å². The van der Waals surface area contributed by atoms with Gasteiger partial charge in [0.15, 0.2) is 0 Å². The second kappa shape index (κ2) is 5.26. The minimum atomic E-state index is -0.814. The minimum absolute atomic E-state index is 0.104. The van der Waals surface area contributed by atoms with E-state index >= 15 is 0 Å². The van der Waals surface area contributed by atoms with E-state index in [2.05, 4.69) is 15.3 Å². The van der Waals surface area contributed by atoms with E-state index in [1.54, 1.807) is 12.3 Å². The average molecular weight is 234 g/mol. The van der Waals surface area contributed by atoms with Crippen LogP contribution in [0.15, 0.2) is 12.4 Å². The topological polar surface area (TPSA) is 54.9 Å². The molecule has 2 unspecified atom stereocenters. The zero-order chi connectivity index (χ0) is 10.6. The van der Waals surface area contributed by atoms with Crippen molar-refractivity contribution in [2.75, 3.05) is 17.3 Å². The fourth-order valence-electron chi connectivity index (χ4n) is 1.06. The minimum Gasteiger partial charge on any atom is -0.367 e. The van der Waals surface area contributed by atoms with Crippen molar-refractivity contribution in [2.45, 2.75) is 13.0 Å². The normalized spacial score (nSPS) is 14.8. The van der Waals surface area contributed by atoms with Crippen molar-refractivity contribution >= 4 is 28.2 Å². The molecule has 6 heteroatoms. The lowest BCUT2D eigenvalue weighted by atomic mass is 10.4. The van der Waals surface area contributed by atoms with Gasteiger partial charge in [-0.2, -0.15) is 0 Å². The Bertz CT molecular complexity index is 334. The maximum atomic E-state index is 10.9. The Labute approximate surface area is 90.6 Å². The lowest BCUT2D eigenvalue weighted by molar-refractivity contribution is 0.683. The summed E-state index contributed by atoms with van der Waals surface area (Å²) in [6.45, 7) is 1.94. The van der Waals surface area contributed by atoms with Crippen molar-refractivity contribution in [1.29, 1.82) is 0 Å². The van der Waals surface area contributed by atoms with Crippen LogP contribution in [0.25, 0.3) is 0 Å². The van der Waals surface area contributed by atoms with Crippen LogP contribution in [-0.4, -0.2) is 32.2 Å². The van der Waals surface area contributed by atoms with Gasteiger partial charge in [-0.1, -0.05) is 11.6 Å². The molecule has 0 amide bonds. The number of nitrogens with zero attached hydrogens (tertiary/aromatic N) is 2. The SMILES string of the molecule is CC(CS(C)=O)Nc1cc(Cl)ncn1. The molecule has 1 aromatic rings. The molecule has 4 nitrogen and oxygen atoms in total. The van der Waals surface area contributed by atoms with Gasteiger partial charge in [0.25, 0.3) is 0 Å². The summed E-state index contributed by atoms with van der Waals surface area (Å²) in [6.07, 6.45) is 3.06. The maximum absolute atomic E-state index is 10.9. The van der Waals surface area contributed by atoms with Gasteiger partial charge < -0.3 is 5.32 Å². The molecule has 0 fully saturated rings. The van der Waals surface area contributed by atoms with E-state index in [4.69, 9.17) is 11.6 Å². The predicted molar refractivity (Wildman–Crippen MR) is 59.1 cm³/mol. The highest BCUT2D eigenvalue weighted by Crippen LogP contribution is 2.09. The van der Waals surface area contributed by atoms with Crippen molar-refractivity contribution in [3.63, 3.8) is 0 Å². The molecule has 0 radical (unpaired) electrons. The molecule has 1 heterocycles. The van der Waals surface area contributed by atoms with Crippen LogP contribution in [0.3, 0.4) is 0 Å². The molecule has 0 saturated carbocycles. The van der Waals surface area contributed by atoms with Gasteiger partial charge in [0.1, 0.15) is 17.3 Å². The van der Waals surface area contributed by atoms with Crippen molar-refractivity contribution in [3.05, 3.63) is 17.5 Å². The van der Waals surface area contributed by atoms with Gasteiger partial charge in [-0.3, -0.25) is 4.21 Å². The summed E-state index contributed by atoms with van der Waals surface area (Å²) in [5.74, 6) is 1.24. The van der Waals surface area contributed by atoms with Crippen LogP contribution < -0.4 is 5.32 Å². The molecule has 1 N–H and O–H groups in total. The van der Waals surface area contributed by atoms with Crippen LogP contribution >= 0.6 is 11.6 Å². The molecule has 1 rings (SSSR count). The Balaban J connectivity index is 2.55. The Hall–Kier alpha value is -0.680. The zero-order valence-electron chi connectivity index (χ0n) is 8.03. The molecular formula is C8H12ClN3OS. The van der Waals surface area contributed by atoms with Crippen LogP contribution in [0.1, 0.15) is 6.92 Å². The molecule has 78 valence electrons. The third-order valence-electron chi connectivity index (χ3n) is 1.51. The predicted octanol–water partition coefficient (Wildman–Crippen LogP) is 1.31. The summed E-state index contributed by atoms with van der Waals surface area (Å²) < 4.78 is 10.9. The van der Waals surface area contributed by atoms with E-state index < -0.39 is 10.8 Å². The summed E-state index contributed by atoms with van der Waals surface area (Å²) in [6, 6.07) is 1.74. The molecular weight excluding hydrogens is 222 g/mol. The molecule has 0 spiro atoms. The summed E-state index contributed by atoms with van der Waals surface area (Å²) in [4.78, 5) is 7.74. The van der Waals surface area contributed by atoms with Crippen LogP contribution in [0.2, 0.25) is 5.15 Å². The Morgan fingerprint density at radius 3 is 2.93 bits per heavy atom. The summed E-state index contributed by atoms with van der Waals surface area (Å²) in [5.41, 5.74) is 0. The first kappa shape index (κ1) is 11.4. The van der Waals surface area contributed by atoms with Gasteiger partial charge in [-0.05, 0) is 6.92 Å². The molecule has 0 bridgehead atoms. The van der Waals surface area contributed by atoms with Crippen LogP contribution in [0, 0.1) is 0 Å². The number of hydrogen-bond donors (Lipinski definition) is 1. The van der Waals surface area contributed by atoms with Gasteiger partial charge in [0.2, 0.25) is 0 Å². The summed E-state index contributed by atoms with van der Waals surface area (Å²) >= 11 is 5.68. The van der Waals surface area contributed by atoms with Gasteiger partial charge in [-0.25, -0.2) is 9.97 Å². The quantitative estimate of drug-likeness (QED) is 0.797. The first-order chi connectivity index (χ1) is 6.58. The number of aromatic nitrogens is 2. The molecule has 0 saturated heterocycles. The first-order valence-corrected chi connectivity index (χ1v) is 6.22. The van der Waals surface area contributed by atoms with E-state index in [1.165, 1.54) is 6.33 Å². The Kier molecular flexibility index (Phi) is 4.28. The number of rotatable bonds is 4. The summed E-state index contributed by atoms with van der Waals surface area (Å²) in [7, 11) is -0.814. The van der Waals surface area contributed by atoms with E-state index in [0.29, 0.717) is 16.7 Å². The van der Waals surface area contributed by atoms with Crippen LogP contribution in [0.4, 0.5) is 5.82 Å². The largest absolute Gasteiger partial charge is 0.367 e. The third-order valence-corrected chi connectivity index (χ3v) is 2.69. The lowest BCUT2D eigenvalue weighted by Gasteiger charge is -2.12. The van der Waals surface area contributed by atoms with Crippen LogP contribution in [0.5, 0.6) is 0 Å². The van der Waals surface area contributed by atoms with Crippen LogP contribution in [-0.2, 0) is 10.8 Å². The lowest BCUT2D eigenvalue weighted by Crippen LogP contribution is -2.22. The van der Waals surface area contributed by atoms with Gasteiger partial charge in [0, 0.05) is 34.9 Å². The fourth-order valence-corrected chi connectivity index (χ4v) is 1.99. The van der Waals surface area contributed by atoms with Crippen molar-refractivity contribution < 1.29 is 4.21 Å². The van der Waals surface area contributed by atoms with Gasteiger partial charge in [-0.15, -0.1) is 0 Å². The standard InChI is InChI=1S/C8H12ClN3OS/c1-6(4-14(2)13)12-8-3-7(9)10-5-11-8/h3,5-6H,4H2,1-2H3,(H,10,11,12). The average Bonchev–Trinajstić information content (AvgIpc) is 2.01. The maximum Gasteiger partial charge on any atom is 0.134 e. The van der Waals surface area contributed by atoms with E-state index in [9.17, 15) is 4.21 Å². The molecule has 0 aromatic carbocycles. The summed E-state index contributed by atoms with van der Waals surface area (Å²) in [5, 5.41) is 3.48. The molecule has 2 atom stereocenters. The monoisotopic (exact) mass is 233 g/mol. The second-order valence-electron chi connectivity index (χ2n) is 3.01. The Morgan fingerprint density at radius 2 is 2.36 bits per heavy atom. The Morgan fingerprint density at radius 1 is 1.64 bits per heavy atom. The number of halogens is 1. The van der Waals surface area contributed by atoms with E-state index in [0.717, 1.165) is 0 Å². The van der Waals surface area contributed by atoms with Crippen molar-refractivity contribution in [1.82, 2.24) is 9.97 Å². The first-order valence-electron chi connectivity index (χ1n) is 4.12. The fraction of sp³-hybridized carbons (Fsp3) is 0.500. The smallest absolute Gasteiger partial charge is 0.134 e. The van der Waals surface area contributed by atoms with Crippen molar-refractivity contribution in [3.8, 4) is 0 Å². The van der Waals surface area contributed by atoms with E-state index in [1.807, 2.05) is 6.92 Å². The number of hydrogen-bond acceptors (Lipinski definition) is 4. The van der Waals surface area contributed by atoms with Gasteiger partial charge in [0.05, 0.1) is 0 Å². The second-order valence-corrected chi connectivity index (χ2v) is 4.88. The zero-order valence-corrected chi connectivity index (χ0v) is 9.60. The molecule has 14 heavy (non-hydrogen) atoms. The molecule has 1 aromatic heterocycles. The highest BCUT2D eigenvalue weighted by atomic mass is 35.5. The molecule has 0 aliphatic heterocycles. The molecule has 0 aliphatic rings. The number of anilines is 1. The molecule has 0 aliphatic carbocycles. The highest BCUT2D eigenvalue weighted by molar-refractivity contribution is 7.84.